The molecule has 0 bridgehead atoms. The van der Waals surface area contributed by atoms with E-state index >= 15 is 0 Å². The van der Waals surface area contributed by atoms with E-state index in [1.807, 2.05) is 23.1 Å². The van der Waals surface area contributed by atoms with Crippen molar-refractivity contribution in [2.45, 2.75) is 0 Å². The van der Waals surface area contributed by atoms with Gasteiger partial charge in [0.1, 0.15) is 5.69 Å². The predicted molar refractivity (Wildman–Crippen MR) is 82.2 cm³/mol. The minimum absolute atomic E-state index is 0.00405. The summed E-state index contributed by atoms with van der Waals surface area (Å²) in [4.78, 5) is 43.5. The molecule has 1 fully saturated rings. The molecule has 2 N–H and O–H groups in total. The van der Waals surface area contributed by atoms with Crippen molar-refractivity contribution in [1.82, 2.24) is 14.9 Å². The number of hydrogen-bond acceptors (Lipinski definition) is 4. The van der Waals surface area contributed by atoms with Crippen LogP contribution in [0.15, 0.2) is 46.1 Å². The maximum atomic E-state index is 12.3. The molecule has 1 amide bonds. The largest absolute Gasteiger partial charge is 0.362 e. The summed E-state index contributed by atoms with van der Waals surface area (Å²) in [6.07, 6.45) is 1.41. The Labute approximate surface area is 126 Å². The number of benzene rings is 1. The molecule has 1 saturated heterocycles. The number of aromatic amines is 2. The van der Waals surface area contributed by atoms with Crippen LogP contribution in [0.4, 0.5) is 5.69 Å². The van der Waals surface area contributed by atoms with E-state index in [4.69, 9.17) is 0 Å². The van der Waals surface area contributed by atoms with Gasteiger partial charge in [0.05, 0.1) is 0 Å². The lowest BCUT2D eigenvalue weighted by Gasteiger charge is -2.35. The lowest BCUT2D eigenvalue weighted by Crippen LogP contribution is -2.50. The Morgan fingerprint density at radius 3 is 2.32 bits per heavy atom. The number of piperazine rings is 1. The fourth-order valence-electron chi connectivity index (χ4n) is 2.55. The van der Waals surface area contributed by atoms with Crippen molar-refractivity contribution in [3.8, 4) is 0 Å². The molecule has 1 aliphatic rings. The molecular weight excluding hydrogens is 284 g/mol. The second-order valence-corrected chi connectivity index (χ2v) is 5.10. The zero-order valence-electron chi connectivity index (χ0n) is 11.9. The third kappa shape index (κ3) is 2.78. The summed E-state index contributed by atoms with van der Waals surface area (Å²) in [5.41, 5.74) is 0.155. The number of nitrogens with one attached hydrogen (secondary N) is 2. The second kappa shape index (κ2) is 5.88. The fraction of sp³-hybridized carbons (Fsp3) is 0.267. The predicted octanol–water partition coefficient (Wildman–Crippen LogP) is 0.0256. The van der Waals surface area contributed by atoms with E-state index in [9.17, 15) is 14.4 Å². The van der Waals surface area contributed by atoms with Crippen molar-refractivity contribution >= 4 is 11.6 Å². The molecule has 3 rings (SSSR count). The van der Waals surface area contributed by atoms with E-state index < -0.39 is 11.2 Å². The first kappa shape index (κ1) is 14.1. The van der Waals surface area contributed by atoms with Gasteiger partial charge in [-0.15, -0.1) is 0 Å². The number of anilines is 1. The Morgan fingerprint density at radius 2 is 1.68 bits per heavy atom. The van der Waals surface area contributed by atoms with E-state index in [2.05, 4.69) is 9.97 Å². The lowest BCUT2D eigenvalue weighted by molar-refractivity contribution is 0.0746. The van der Waals surface area contributed by atoms with Crippen LogP contribution < -0.4 is 16.1 Å². The summed E-state index contributed by atoms with van der Waals surface area (Å²) in [6.45, 7) is 2.17. The van der Waals surface area contributed by atoms with E-state index in [-0.39, 0.29) is 5.91 Å². The molecule has 0 atom stereocenters. The Kier molecular flexibility index (Phi) is 3.78. The zero-order chi connectivity index (χ0) is 15.5. The first-order chi connectivity index (χ1) is 10.6. The van der Waals surface area contributed by atoms with Crippen molar-refractivity contribution in [2.75, 3.05) is 31.1 Å². The molecule has 7 heteroatoms. The van der Waals surface area contributed by atoms with Crippen LogP contribution in [-0.2, 0) is 0 Å². The number of nitrogens with zero attached hydrogens (tertiary/aromatic N) is 2. The minimum atomic E-state index is -0.522. The van der Waals surface area contributed by atoms with Crippen molar-refractivity contribution < 1.29 is 4.79 Å². The van der Waals surface area contributed by atoms with Crippen LogP contribution >= 0.6 is 0 Å². The number of hydrogen-bond donors (Lipinski definition) is 2. The summed E-state index contributed by atoms with van der Waals surface area (Å²) >= 11 is 0. The minimum Gasteiger partial charge on any atom is -0.362 e. The number of aromatic nitrogens is 2. The maximum Gasteiger partial charge on any atom is 0.325 e. The Morgan fingerprint density at radius 1 is 1.00 bits per heavy atom. The van der Waals surface area contributed by atoms with Crippen LogP contribution in [0.2, 0.25) is 0 Å². The van der Waals surface area contributed by atoms with Crippen molar-refractivity contribution in [1.29, 1.82) is 0 Å². The molecule has 0 spiro atoms. The number of carbonyl (C=O) groups excluding carboxylic acids is 1. The summed E-state index contributed by atoms with van der Waals surface area (Å²) in [7, 11) is 0. The molecule has 7 nitrogen and oxygen atoms in total. The third-order valence-electron chi connectivity index (χ3n) is 3.73. The van der Waals surface area contributed by atoms with E-state index in [1.54, 1.807) is 17.0 Å². The molecule has 0 radical (unpaired) electrons. The Balaban J connectivity index is 1.69. The summed E-state index contributed by atoms with van der Waals surface area (Å²) in [6, 6.07) is 9.13. The molecule has 2 heterocycles. The standard InChI is InChI=1S/C15H16N4O3/c20-13-12(10-16-15(22)17-13)18-6-8-19(9-7-18)14(21)11-4-2-1-3-5-11/h1-5,10H,6-9H2,(H2,16,17,20,22). The van der Waals surface area contributed by atoms with Crippen molar-refractivity contribution in [3.05, 3.63) is 62.9 Å². The van der Waals surface area contributed by atoms with Gasteiger partial charge in [-0.1, -0.05) is 18.2 Å². The highest BCUT2D eigenvalue weighted by Crippen LogP contribution is 2.12. The average Bonchev–Trinajstić information content (AvgIpc) is 2.55. The molecule has 1 aliphatic heterocycles. The summed E-state index contributed by atoms with van der Waals surface area (Å²) < 4.78 is 0. The van der Waals surface area contributed by atoms with Gasteiger partial charge in [-0.2, -0.15) is 0 Å². The van der Waals surface area contributed by atoms with Gasteiger partial charge >= 0.3 is 5.69 Å². The van der Waals surface area contributed by atoms with Crippen LogP contribution in [0.3, 0.4) is 0 Å². The maximum absolute atomic E-state index is 12.3. The SMILES string of the molecule is O=C(c1ccccc1)N1CCN(c2c[nH]c(=O)[nH]c2=O)CC1. The molecule has 1 aromatic carbocycles. The van der Waals surface area contributed by atoms with E-state index in [0.717, 1.165) is 0 Å². The molecule has 0 aliphatic carbocycles. The van der Waals surface area contributed by atoms with Crippen LogP contribution in [0, 0.1) is 0 Å². The molecule has 0 saturated carbocycles. The van der Waals surface area contributed by atoms with Gasteiger partial charge in [0.25, 0.3) is 11.5 Å². The fourth-order valence-corrected chi connectivity index (χ4v) is 2.55. The lowest BCUT2D eigenvalue weighted by atomic mass is 10.2. The molecule has 22 heavy (non-hydrogen) atoms. The van der Waals surface area contributed by atoms with Crippen LogP contribution in [-0.4, -0.2) is 47.0 Å². The quantitative estimate of drug-likeness (QED) is 0.818. The van der Waals surface area contributed by atoms with Gasteiger partial charge in [-0.05, 0) is 12.1 Å². The average molecular weight is 300 g/mol. The van der Waals surface area contributed by atoms with Crippen molar-refractivity contribution in [2.24, 2.45) is 0 Å². The van der Waals surface area contributed by atoms with Crippen LogP contribution in [0.1, 0.15) is 10.4 Å². The first-order valence-electron chi connectivity index (χ1n) is 7.06. The van der Waals surface area contributed by atoms with Crippen LogP contribution in [0.5, 0.6) is 0 Å². The summed E-state index contributed by atoms with van der Waals surface area (Å²) in [5, 5.41) is 0. The van der Waals surface area contributed by atoms with Gasteiger partial charge in [0.15, 0.2) is 0 Å². The van der Waals surface area contributed by atoms with Gasteiger partial charge in [0, 0.05) is 37.9 Å². The first-order valence-corrected chi connectivity index (χ1v) is 7.06. The molecule has 2 aromatic rings. The van der Waals surface area contributed by atoms with Crippen molar-refractivity contribution in [3.63, 3.8) is 0 Å². The molecule has 114 valence electrons. The second-order valence-electron chi connectivity index (χ2n) is 5.10. The van der Waals surface area contributed by atoms with Gasteiger partial charge in [-0.3, -0.25) is 14.6 Å². The Bertz CT molecular complexity index is 773. The van der Waals surface area contributed by atoms with Gasteiger partial charge < -0.3 is 14.8 Å². The normalized spacial score (nSPS) is 14.9. The highest BCUT2D eigenvalue weighted by molar-refractivity contribution is 5.94. The van der Waals surface area contributed by atoms with Gasteiger partial charge in [-0.25, -0.2) is 4.79 Å². The van der Waals surface area contributed by atoms with Crippen LogP contribution in [0.25, 0.3) is 0 Å². The highest BCUT2D eigenvalue weighted by atomic mass is 16.2. The molecular formula is C15H16N4O3. The zero-order valence-corrected chi connectivity index (χ0v) is 11.9. The molecule has 1 aromatic heterocycles. The number of H-pyrrole nitrogens is 2. The Hall–Kier alpha value is -2.83. The topological polar surface area (TPSA) is 89.3 Å². The number of rotatable bonds is 2. The smallest absolute Gasteiger partial charge is 0.325 e. The summed E-state index contributed by atoms with van der Waals surface area (Å²) in [5.74, 6) is -0.00405. The third-order valence-corrected chi connectivity index (χ3v) is 3.73. The van der Waals surface area contributed by atoms with Gasteiger partial charge in [0.2, 0.25) is 0 Å². The van der Waals surface area contributed by atoms with E-state index in [1.165, 1.54) is 6.20 Å². The number of amides is 1. The van der Waals surface area contributed by atoms with E-state index in [0.29, 0.717) is 37.4 Å². The number of carbonyl (C=O) groups is 1. The monoisotopic (exact) mass is 300 g/mol. The molecule has 0 unspecified atom stereocenters. The highest BCUT2D eigenvalue weighted by Gasteiger charge is 2.23.